The molecule has 0 amide bonds. The van der Waals surface area contributed by atoms with Crippen molar-refractivity contribution in [2.45, 2.75) is 76.9 Å². The summed E-state index contributed by atoms with van der Waals surface area (Å²) in [5.41, 5.74) is 7.51. The summed E-state index contributed by atoms with van der Waals surface area (Å²) in [7, 11) is 0. The Kier molecular flexibility index (Phi) is 6.38. The molecule has 2 N–H and O–H groups in total. The lowest BCUT2D eigenvalue weighted by Gasteiger charge is -2.13. The Bertz CT molecular complexity index is 387. The van der Waals surface area contributed by atoms with E-state index < -0.39 is 0 Å². The molecule has 2 heteroatoms. The summed E-state index contributed by atoms with van der Waals surface area (Å²) < 4.78 is 5.83. The van der Waals surface area contributed by atoms with Crippen LogP contribution in [0, 0.1) is 0 Å². The molecule has 0 aromatic heterocycles. The van der Waals surface area contributed by atoms with Crippen LogP contribution in [0.4, 0.5) is 0 Å². The topological polar surface area (TPSA) is 35.2 Å². The third-order valence-corrected chi connectivity index (χ3v) is 3.98. The lowest BCUT2D eigenvalue weighted by atomic mass is 10.0. The minimum absolute atomic E-state index is 0.156. The summed E-state index contributed by atoms with van der Waals surface area (Å²) >= 11 is 0. The van der Waals surface area contributed by atoms with Crippen LogP contribution in [-0.2, 0) is 0 Å². The van der Waals surface area contributed by atoms with Crippen molar-refractivity contribution in [3.8, 4) is 5.75 Å². The van der Waals surface area contributed by atoms with Crippen LogP contribution >= 0.6 is 0 Å². The summed E-state index contributed by atoms with van der Waals surface area (Å²) in [6, 6.07) is 8.51. The second-order valence-corrected chi connectivity index (χ2v) is 6.05. The second kappa shape index (κ2) is 8.31. The average Bonchev–Trinajstić information content (AvgIpc) is 3.26. The molecule has 2 nitrogen and oxygen atoms in total. The van der Waals surface area contributed by atoms with Crippen LogP contribution in [-0.4, -0.2) is 6.10 Å². The highest BCUT2D eigenvalue weighted by Gasteiger charge is 2.23. The maximum Gasteiger partial charge on any atom is 0.120 e. The number of unbranched alkanes of at least 4 members (excludes halogenated alkanes) is 5. The zero-order valence-electron chi connectivity index (χ0n) is 12.8. The first kappa shape index (κ1) is 15.4. The summed E-state index contributed by atoms with van der Waals surface area (Å²) in [6.45, 7) is 2.26. The number of hydrogen-bond acceptors (Lipinski definition) is 2. The number of ether oxygens (including phenoxy) is 1. The molecule has 1 aliphatic rings. The third-order valence-electron chi connectivity index (χ3n) is 3.98. The van der Waals surface area contributed by atoms with Crippen molar-refractivity contribution in [2.75, 3.05) is 0 Å². The van der Waals surface area contributed by atoms with E-state index in [1.54, 1.807) is 0 Å². The number of benzene rings is 1. The molecule has 1 atom stereocenters. The van der Waals surface area contributed by atoms with Gasteiger partial charge in [0.2, 0.25) is 0 Å². The van der Waals surface area contributed by atoms with Crippen LogP contribution < -0.4 is 10.5 Å². The molecule has 1 saturated carbocycles. The summed E-state index contributed by atoms with van der Waals surface area (Å²) in [4.78, 5) is 0. The Morgan fingerprint density at radius 2 is 1.90 bits per heavy atom. The van der Waals surface area contributed by atoms with Crippen LogP contribution in [0.2, 0.25) is 0 Å². The van der Waals surface area contributed by atoms with Gasteiger partial charge in [0.05, 0.1) is 6.10 Å². The number of nitrogens with two attached hydrogens (primary N) is 1. The largest absolute Gasteiger partial charge is 0.490 e. The van der Waals surface area contributed by atoms with Crippen molar-refractivity contribution >= 4 is 0 Å². The Morgan fingerprint density at radius 3 is 2.65 bits per heavy atom. The molecule has 0 radical (unpaired) electrons. The molecular weight excluding hydrogens is 246 g/mol. The summed E-state index contributed by atoms with van der Waals surface area (Å²) in [5.74, 6) is 0.989. The molecule has 0 heterocycles. The van der Waals surface area contributed by atoms with E-state index in [0.717, 1.165) is 12.2 Å². The minimum atomic E-state index is 0.156. The molecule has 1 aromatic rings. The van der Waals surface area contributed by atoms with Gasteiger partial charge in [0.1, 0.15) is 5.75 Å². The molecule has 2 rings (SSSR count). The van der Waals surface area contributed by atoms with E-state index >= 15 is 0 Å². The van der Waals surface area contributed by atoms with Crippen molar-refractivity contribution in [2.24, 2.45) is 5.73 Å². The monoisotopic (exact) mass is 275 g/mol. The van der Waals surface area contributed by atoms with Crippen LogP contribution in [0.25, 0.3) is 0 Å². The zero-order valence-corrected chi connectivity index (χ0v) is 12.8. The lowest BCUT2D eigenvalue weighted by molar-refractivity contribution is 0.302. The number of hydrogen-bond donors (Lipinski definition) is 1. The molecule has 1 fully saturated rings. The fourth-order valence-corrected chi connectivity index (χ4v) is 2.51. The normalized spacial score (nSPS) is 16.1. The van der Waals surface area contributed by atoms with Gasteiger partial charge in [-0.1, -0.05) is 57.6 Å². The summed E-state index contributed by atoms with van der Waals surface area (Å²) in [5, 5.41) is 0. The van der Waals surface area contributed by atoms with Crippen LogP contribution in [0.15, 0.2) is 24.3 Å². The van der Waals surface area contributed by atoms with Crippen molar-refractivity contribution in [1.82, 2.24) is 0 Å². The van der Waals surface area contributed by atoms with Crippen molar-refractivity contribution in [3.05, 3.63) is 29.8 Å². The first-order valence-electron chi connectivity index (χ1n) is 8.32. The maximum absolute atomic E-state index is 6.30. The Labute approximate surface area is 123 Å². The second-order valence-electron chi connectivity index (χ2n) is 6.05. The van der Waals surface area contributed by atoms with E-state index in [4.69, 9.17) is 10.5 Å². The van der Waals surface area contributed by atoms with Gasteiger partial charge in [-0.05, 0) is 37.0 Å². The van der Waals surface area contributed by atoms with E-state index in [0.29, 0.717) is 6.10 Å². The molecule has 112 valence electrons. The van der Waals surface area contributed by atoms with Crippen LogP contribution in [0.5, 0.6) is 5.75 Å². The molecule has 0 bridgehead atoms. The summed E-state index contributed by atoms with van der Waals surface area (Å²) in [6.07, 6.45) is 11.9. The van der Waals surface area contributed by atoms with Gasteiger partial charge in [-0.3, -0.25) is 0 Å². The predicted octanol–water partition coefficient (Wildman–Crippen LogP) is 4.98. The van der Waals surface area contributed by atoms with E-state index in [2.05, 4.69) is 25.1 Å². The molecular formula is C18H29NO. The van der Waals surface area contributed by atoms with Gasteiger partial charge in [0.25, 0.3) is 0 Å². The van der Waals surface area contributed by atoms with E-state index in [1.165, 1.54) is 56.9 Å². The molecule has 1 aliphatic carbocycles. The van der Waals surface area contributed by atoms with E-state index in [-0.39, 0.29) is 6.04 Å². The highest BCUT2D eigenvalue weighted by molar-refractivity contribution is 5.30. The van der Waals surface area contributed by atoms with Gasteiger partial charge >= 0.3 is 0 Å². The smallest absolute Gasteiger partial charge is 0.120 e. The van der Waals surface area contributed by atoms with Gasteiger partial charge in [-0.15, -0.1) is 0 Å². The van der Waals surface area contributed by atoms with Crippen molar-refractivity contribution in [3.63, 3.8) is 0 Å². The molecule has 0 aliphatic heterocycles. The molecule has 0 saturated heterocycles. The van der Waals surface area contributed by atoms with Crippen LogP contribution in [0.1, 0.15) is 76.3 Å². The van der Waals surface area contributed by atoms with Crippen LogP contribution in [0.3, 0.4) is 0 Å². The Hall–Kier alpha value is -1.02. The molecule has 1 unspecified atom stereocenters. The average molecular weight is 275 g/mol. The third kappa shape index (κ3) is 5.54. The molecule has 1 aromatic carbocycles. The predicted molar refractivity (Wildman–Crippen MR) is 85.0 cm³/mol. The Morgan fingerprint density at radius 1 is 1.15 bits per heavy atom. The highest BCUT2D eigenvalue weighted by Crippen LogP contribution is 2.28. The molecule has 20 heavy (non-hydrogen) atoms. The van der Waals surface area contributed by atoms with Gasteiger partial charge in [-0.2, -0.15) is 0 Å². The quantitative estimate of drug-likeness (QED) is 0.611. The Balaban J connectivity index is 1.69. The van der Waals surface area contributed by atoms with Crippen molar-refractivity contribution < 1.29 is 4.74 Å². The van der Waals surface area contributed by atoms with Crippen molar-refractivity contribution in [1.29, 1.82) is 0 Å². The first-order chi connectivity index (χ1) is 9.79. The van der Waals surface area contributed by atoms with Gasteiger partial charge in [-0.25, -0.2) is 0 Å². The SMILES string of the molecule is CCCCCCCCC(N)c1cccc(OC2CC2)c1. The van der Waals surface area contributed by atoms with E-state index in [1.807, 2.05) is 6.07 Å². The maximum atomic E-state index is 6.30. The van der Waals surface area contributed by atoms with E-state index in [9.17, 15) is 0 Å². The fraction of sp³-hybridized carbons (Fsp3) is 0.667. The lowest BCUT2D eigenvalue weighted by Crippen LogP contribution is -2.10. The standard InChI is InChI=1S/C18H29NO/c1-2-3-4-5-6-7-11-18(19)15-9-8-10-17(14-15)20-16-12-13-16/h8-10,14,16,18H,2-7,11-13,19H2,1H3. The zero-order chi connectivity index (χ0) is 14.2. The van der Waals surface area contributed by atoms with Gasteiger partial charge in [0.15, 0.2) is 0 Å². The van der Waals surface area contributed by atoms with Gasteiger partial charge in [0, 0.05) is 6.04 Å². The highest BCUT2D eigenvalue weighted by atomic mass is 16.5. The fourth-order valence-electron chi connectivity index (χ4n) is 2.51. The van der Waals surface area contributed by atoms with Gasteiger partial charge < -0.3 is 10.5 Å². The number of rotatable bonds is 10. The minimum Gasteiger partial charge on any atom is -0.490 e. The first-order valence-corrected chi connectivity index (χ1v) is 8.32. The molecule has 0 spiro atoms.